The number of rotatable bonds is 16. The van der Waals surface area contributed by atoms with Gasteiger partial charge in [-0.15, -0.1) is 0 Å². The molecule has 0 radical (unpaired) electrons. The van der Waals surface area contributed by atoms with E-state index in [1.54, 1.807) is 4.90 Å². The van der Waals surface area contributed by atoms with Crippen LogP contribution in [-0.2, 0) is 17.6 Å². The minimum atomic E-state index is -0.111. The quantitative estimate of drug-likeness (QED) is 0.0701. The van der Waals surface area contributed by atoms with Crippen LogP contribution in [0.4, 0.5) is 17.1 Å². The first-order valence-corrected chi connectivity index (χ1v) is 19.0. The van der Waals surface area contributed by atoms with Crippen LogP contribution in [0.2, 0.25) is 0 Å². The summed E-state index contributed by atoms with van der Waals surface area (Å²) in [5, 5.41) is 0. The molecule has 0 spiro atoms. The first kappa shape index (κ1) is 38.3. The molecule has 272 valence electrons. The largest absolute Gasteiger partial charge is 0.399 e. The maximum absolute atomic E-state index is 11.9. The molecule has 2 N–H and O–H groups in total. The molecule has 5 rings (SSSR count). The zero-order valence-electron chi connectivity index (χ0n) is 32.2. The van der Waals surface area contributed by atoms with Crippen molar-refractivity contribution in [2.75, 3.05) is 12.8 Å². The average Bonchev–Trinajstić information content (AvgIpc) is 3.73. The van der Waals surface area contributed by atoms with Crippen LogP contribution in [0.5, 0.6) is 0 Å². The van der Waals surface area contributed by atoms with Gasteiger partial charge in [0.05, 0.1) is 23.5 Å². The fraction of sp³-hybridized carbons (Fsp3) is 0.370. The number of unbranched alkanes of at least 4 members (excludes halogenated alkanes) is 2. The fourth-order valence-electron chi connectivity index (χ4n) is 7.41. The van der Waals surface area contributed by atoms with Gasteiger partial charge in [0.1, 0.15) is 0 Å². The van der Waals surface area contributed by atoms with E-state index in [4.69, 9.17) is 15.7 Å². The normalized spacial score (nSPS) is 17.8. The first-order valence-electron chi connectivity index (χ1n) is 19.0. The molecule has 3 aromatic carbocycles. The van der Waals surface area contributed by atoms with Crippen molar-refractivity contribution in [1.82, 2.24) is 9.80 Å². The Morgan fingerprint density at radius 2 is 1.50 bits per heavy atom. The second kappa shape index (κ2) is 18.0. The summed E-state index contributed by atoms with van der Waals surface area (Å²) < 4.78 is 0. The van der Waals surface area contributed by atoms with Crippen molar-refractivity contribution in [2.24, 2.45) is 9.98 Å². The lowest BCUT2D eigenvalue weighted by atomic mass is 9.96. The van der Waals surface area contributed by atoms with Crippen LogP contribution < -0.4 is 5.73 Å². The minimum Gasteiger partial charge on any atom is -0.399 e. The summed E-state index contributed by atoms with van der Waals surface area (Å²) in [5.74, 6) is 0. The van der Waals surface area contributed by atoms with Gasteiger partial charge in [-0.05, 0) is 152 Å². The van der Waals surface area contributed by atoms with Crippen molar-refractivity contribution in [3.63, 3.8) is 0 Å². The Hall–Kier alpha value is -4.97. The molecule has 3 aromatic rings. The van der Waals surface area contributed by atoms with Crippen LogP contribution in [0.25, 0.3) is 11.6 Å². The lowest BCUT2D eigenvalue weighted by Gasteiger charge is -2.16. The average molecular weight is 696 g/mol. The van der Waals surface area contributed by atoms with Gasteiger partial charge in [0.25, 0.3) is 0 Å². The van der Waals surface area contributed by atoms with E-state index in [1.807, 2.05) is 42.8 Å². The molecule has 2 aliphatic rings. The number of nitrogens with two attached hydrogens (primary N) is 1. The molecule has 0 aliphatic carbocycles. The Morgan fingerprint density at radius 1 is 0.846 bits per heavy atom. The number of carbonyl (C=O) groups excluding carboxylic acids is 1. The third kappa shape index (κ3) is 9.47. The molecule has 2 aliphatic heterocycles. The predicted molar refractivity (Wildman–Crippen MR) is 223 cm³/mol. The van der Waals surface area contributed by atoms with E-state index in [2.05, 4.69) is 95.9 Å². The maximum Gasteiger partial charge on any atom is 0.214 e. The zero-order valence-corrected chi connectivity index (χ0v) is 32.2. The third-order valence-corrected chi connectivity index (χ3v) is 10.6. The third-order valence-electron chi connectivity index (χ3n) is 10.6. The van der Waals surface area contributed by atoms with E-state index < -0.39 is 0 Å². The standard InChI is InChI=1S/C46H57N5O/c1-8-14-35(9-2)40-23-43(50(7)29-40)27-49-46-26-39(33(5)22-36(46)10-3)16-13-11-12-15-38-25-45(34(6)21-32(38)4)48-28-44-24-41(30-51(44)31-52)37-17-19-42(47)20-18-37/h10,14,17-22,25-31,43-44H,3,8-9,11-13,15-16,23-24,47H2,1-2,4-7H3/b35-14+,48-28?,49-27?. The number of anilines is 1. The van der Waals surface area contributed by atoms with E-state index >= 15 is 0 Å². The Bertz CT molecular complexity index is 1890. The summed E-state index contributed by atoms with van der Waals surface area (Å²) in [6.45, 7) is 15.0. The van der Waals surface area contributed by atoms with Crippen LogP contribution in [-0.4, -0.2) is 47.8 Å². The predicted octanol–water partition coefficient (Wildman–Crippen LogP) is 10.8. The van der Waals surface area contributed by atoms with Crippen LogP contribution in [0.3, 0.4) is 0 Å². The van der Waals surface area contributed by atoms with Gasteiger partial charge in [-0.25, -0.2) is 0 Å². The highest BCUT2D eigenvalue weighted by molar-refractivity contribution is 5.82. The number of amides is 1. The maximum atomic E-state index is 11.9. The number of benzene rings is 3. The van der Waals surface area contributed by atoms with Crippen molar-refractivity contribution in [3.05, 3.63) is 124 Å². The monoisotopic (exact) mass is 695 g/mol. The minimum absolute atomic E-state index is 0.111. The van der Waals surface area contributed by atoms with Gasteiger partial charge in [-0.1, -0.05) is 57.2 Å². The summed E-state index contributed by atoms with van der Waals surface area (Å²) >= 11 is 0. The highest BCUT2D eigenvalue weighted by atomic mass is 16.1. The summed E-state index contributed by atoms with van der Waals surface area (Å²) in [5.41, 5.74) is 21.2. The topological polar surface area (TPSA) is 74.3 Å². The second-order valence-corrected chi connectivity index (χ2v) is 14.4. The smallest absolute Gasteiger partial charge is 0.214 e. The molecule has 2 heterocycles. The number of carbonyl (C=O) groups is 1. The number of nitrogen functional groups attached to an aromatic ring is 1. The molecule has 52 heavy (non-hydrogen) atoms. The molecular weight excluding hydrogens is 639 g/mol. The Labute approximate surface area is 312 Å². The zero-order chi connectivity index (χ0) is 37.2. The summed E-state index contributed by atoms with van der Waals surface area (Å²) in [6.07, 6.45) is 22.7. The van der Waals surface area contributed by atoms with Crippen LogP contribution in [0.15, 0.2) is 94.7 Å². The molecule has 2 unspecified atom stereocenters. The summed E-state index contributed by atoms with van der Waals surface area (Å²) in [7, 11) is 2.15. The van der Waals surface area contributed by atoms with Gasteiger partial charge in [0, 0.05) is 44.0 Å². The van der Waals surface area contributed by atoms with Gasteiger partial charge in [0.15, 0.2) is 0 Å². The highest BCUT2D eigenvalue weighted by Gasteiger charge is 2.24. The number of hydrogen-bond acceptors (Lipinski definition) is 5. The first-order chi connectivity index (χ1) is 25.1. The number of allylic oxidation sites excluding steroid dienone is 2. The van der Waals surface area contributed by atoms with Crippen molar-refractivity contribution in [1.29, 1.82) is 0 Å². The number of aryl methyl sites for hydroxylation is 5. The number of aliphatic imine (C=N–C) groups is 2. The molecule has 2 atom stereocenters. The lowest BCUT2D eigenvalue weighted by molar-refractivity contribution is -0.116. The van der Waals surface area contributed by atoms with E-state index in [0.717, 1.165) is 104 Å². The molecule has 6 nitrogen and oxygen atoms in total. The van der Waals surface area contributed by atoms with Gasteiger partial charge in [-0.2, -0.15) is 0 Å². The molecule has 0 bridgehead atoms. The van der Waals surface area contributed by atoms with E-state index in [1.165, 1.54) is 33.4 Å². The summed E-state index contributed by atoms with van der Waals surface area (Å²) in [4.78, 5) is 25.8. The van der Waals surface area contributed by atoms with E-state index in [-0.39, 0.29) is 12.1 Å². The highest BCUT2D eigenvalue weighted by Crippen LogP contribution is 2.32. The fourth-order valence-corrected chi connectivity index (χ4v) is 7.41. The van der Waals surface area contributed by atoms with Crippen molar-refractivity contribution < 1.29 is 4.79 Å². The van der Waals surface area contributed by atoms with Crippen molar-refractivity contribution >= 4 is 47.6 Å². The molecule has 0 aromatic heterocycles. The van der Waals surface area contributed by atoms with Gasteiger partial charge in [0.2, 0.25) is 6.41 Å². The van der Waals surface area contributed by atoms with Gasteiger partial charge >= 0.3 is 0 Å². The van der Waals surface area contributed by atoms with Crippen LogP contribution in [0, 0.1) is 20.8 Å². The van der Waals surface area contributed by atoms with Crippen LogP contribution >= 0.6 is 0 Å². The number of hydrogen-bond donors (Lipinski definition) is 1. The molecule has 1 amide bonds. The second-order valence-electron chi connectivity index (χ2n) is 14.4. The summed E-state index contributed by atoms with van der Waals surface area (Å²) in [6, 6.07) is 16.9. The molecule has 6 heteroatoms. The van der Waals surface area contributed by atoms with Crippen molar-refractivity contribution in [3.8, 4) is 0 Å². The lowest BCUT2D eigenvalue weighted by Crippen LogP contribution is -2.26. The van der Waals surface area contributed by atoms with E-state index in [9.17, 15) is 4.79 Å². The van der Waals surface area contributed by atoms with Gasteiger partial charge in [-0.3, -0.25) is 14.8 Å². The Kier molecular flexibility index (Phi) is 13.2. The molecule has 0 fully saturated rings. The Morgan fingerprint density at radius 3 is 2.15 bits per heavy atom. The van der Waals surface area contributed by atoms with Crippen LogP contribution in [0.1, 0.15) is 97.7 Å². The molecule has 0 saturated carbocycles. The van der Waals surface area contributed by atoms with Crippen molar-refractivity contribution in [2.45, 2.75) is 104 Å². The van der Waals surface area contributed by atoms with Gasteiger partial charge < -0.3 is 15.5 Å². The Balaban J connectivity index is 1.16. The molecular formula is C46H57N5O. The number of nitrogens with zero attached hydrogens (tertiary/aromatic N) is 4. The molecule has 0 saturated heterocycles. The van der Waals surface area contributed by atoms with E-state index in [0.29, 0.717) is 0 Å². The SMILES string of the molecule is C=Cc1cc(C)c(CCCCCc2cc(N=CC3CC(c4ccc(N)cc4)=CN3C=O)c(C)cc2C)cc1N=CC1CC(/C(=C/CC)CC)=CN1C.